The average Bonchev–Trinajstić information content (AvgIpc) is 3.02. The maximum atomic E-state index is 12.6. The molecule has 3 rings (SSSR count). The number of ether oxygens (including phenoxy) is 4. The number of para-hydroxylation sites is 2. The standard InChI is InChI=1S/C32H40NO11P/c1-4-27(44-45(37,38)43-22(2)31(33)32(35)36)29(39-3)21-41-30(34)18-17-24-12-8-9-16-28(24)40-20-23-11-10-15-26(19-23)42-25-13-6-5-7-14-25/h5-16,19,22,27,29,31H,4,17-18,20-21,33H2,1-3H3,(H,35,36)(H,37,38)/t22-,27-,29?,31-/m0/s1. The van der Waals surface area contributed by atoms with Crippen LogP contribution in [0.3, 0.4) is 0 Å². The Morgan fingerprint density at radius 2 is 1.62 bits per heavy atom. The molecule has 4 N–H and O–H groups in total. The Kier molecular flexibility index (Phi) is 14.0. The summed E-state index contributed by atoms with van der Waals surface area (Å²) in [6.07, 6.45) is -2.61. The fraction of sp³-hybridized carbons (Fsp3) is 0.375. The van der Waals surface area contributed by atoms with Crippen LogP contribution in [0.2, 0.25) is 0 Å². The molecule has 3 aromatic carbocycles. The molecule has 0 radical (unpaired) electrons. The fourth-order valence-corrected chi connectivity index (χ4v) is 5.45. The van der Waals surface area contributed by atoms with Gasteiger partial charge >= 0.3 is 19.8 Å². The number of phosphoric acid groups is 1. The third kappa shape index (κ3) is 11.9. The first-order valence-corrected chi connectivity index (χ1v) is 15.9. The van der Waals surface area contributed by atoms with Gasteiger partial charge in [0.2, 0.25) is 0 Å². The maximum Gasteiger partial charge on any atom is 0.472 e. The van der Waals surface area contributed by atoms with Gasteiger partial charge in [0.1, 0.15) is 42.6 Å². The molecule has 0 aromatic heterocycles. The van der Waals surface area contributed by atoms with Crippen LogP contribution in [0.25, 0.3) is 0 Å². The van der Waals surface area contributed by atoms with Crippen LogP contribution in [0.15, 0.2) is 78.9 Å². The molecule has 0 saturated heterocycles. The van der Waals surface area contributed by atoms with Crippen molar-refractivity contribution in [1.82, 2.24) is 0 Å². The predicted octanol–water partition coefficient (Wildman–Crippen LogP) is 5.26. The Morgan fingerprint density at radius 1 is 0.933 bits per heavy atom. The van der Waals surface area contributed by atoms with Crippen LogP contribution in [-0.2, 0) is 45.7 Å². The molecule has 0 amide bonds. The number of rotatable bonds is 19. The van der Waals surface area contributed by atoms with Gasteiger partial charge in [-0.1, -0.05) is 55.5 Å². The van der Waals surface area contributed by atoms with Crippen LogP contribution >= 0.6 is 7.82 Å². The molecule has 13 heteroatoms. The molecule has 0 saturated carbocycles. The second-order valence-corrected chi connectivity index (χ2v) is 11.5. The van der Waals surface area contributed by atoms with Gasteiger partial charge in [-0.3, -0.25) is 18.6 Å². The number of benzene rings is 3. The highest BCUT2D eigenvalue weighted by molar-refractivity contribution is 7.47. The molecule has 0 bridgehead atoms. The highest BCUT2D eigenvalue weighted by atomic mass is 31.2. The number of carboxylic acid groups (broad SMARTS) is 1. The minimum absolute atomic E-state index is 0.0427. The monoisotopic (exact) mass is 645 g/mol. The van der Waals surface area contributed by atoms with Crippen LogP contribution in [-0.4, -0.2) is 60.0 Å². The summed E-state index contributed by atoms with van der Waals surface area (Å²) in [6, 6.07) is 22.9. The molecule has 0 fully saturated rings. The molecule has 2 unspecified atom stereocenters. The smallest absolute Gasteiger partial charge is 0.472 e. The molecule has 0 aliphatic carbocycles. The van der Waals surface area contributed by atoms with E-state index < -0.39 is 44.1 Å². The van der Waals surface area contributed by atoms with E-state index in [1.807, 2.05) is 78.9 Å². The summed E-state index contributed by atoms with van der Waals surface area (Å²) >= 11 is 0. The van der Waals surface area contributed by atoms with Gasteiger partial charge in [-0.25, -0.2) is 4.57 Å². The third-order valence-electron chi connectivity index (χ3n) is 6.73. The summed E-state index contributed by atoms with van der Waals surface area (Å²) in [5, 5.41) is 8.99. The molecule has 244 valence electrons. The van der Waals surface area contributed by atoms with Gasteiger partial charge in [-0.15, -0.1) is 0 Å². The number of carbonyl (C=O) groups excluding carboxylic acids is 1. The maximum absolute atomic E-state index is 12.6. The topological polar surface area (TPSA) is 173 Å². The van der Waals surface area contributed by atoms with Crippen molar-refractivity contribution in [1.29, 1.82) is 0 Å². The predicted molar refractivity (Wildman–Crippen MR) is 165 cm³/mol. The zero-order valence-electron chi connectivity index (χ0n) is 25.4. The first kappa shape index (κ1) is 35.7. The molecule has 45 heavy (non-hydrogen) atoms. The number of aliphatic carboxylic acids is 1. The number of carboxylic acids is 1. The highest BCUT2D eigenvalue weighted by Gasteiger charge is 2.35. The van der Waals surface area contributed by atoms with Gasteiger partial charge < -0.3 is 34.7 Å². The number of esters is 1. The summed E-state index contributed by atoms with van der Waals surface area (Å²) in [5.41, 5.74) is 7.17. The van der Waals surface area contributed by atoms with Gasteiger partial charge in [0.05, 0.1) is 12.2 Å². The van der Waals surface area contributed by atoms with E-state index in [0.717, 1.165) is 16.9 Å². The second-order valence-electron chi connectivity index (χ2n) is 10.1. The summed E-state index contributed by atoms with van der Waals surface area (Å²) in [4.78, 5) is 33.8. The van der Waals surface area contributed by atoms with Crippen molar-refractivity contribution in [2.75, 3.05) is 13.7 Å². The van der Waals surface area contributed by atoms with Crippen molar-refractivity contribution in [2.24, 2.45) is 5.73 Å². The molecule has 0 spiro atoms. The van der Waals surface area contributed by atoms with Crippen molar-refractivity contribution < 1.29 is 52.1 Å². The first-order chi connectivity index (χ1) is 21.5. The van der Waals surface area contributed by atoms with Crippen LogP contribution in [0.1, 0.15) is 37.8 Å². The average molecular weight is 646 g/mol. The largest absolute Gasteiger partial charge is 0.489 e. The van der Waals surface area contributed by atoms with Crippen LogP contribution in [0.5, 0.6) is 17.2 Å². The molecule has 5 atom stereocenters. The number of carbonyl (C=O) groups is 2. The van der Waals surface area contributed by atoms with E-state index in [0.29, 0.717) is 24.5 Å². The van der Waals surface area contributed by atoms with Crippen LogP contribution in [0.4, 0.5) is 0 Å². The fourth-order valence-electron chi connectivity index (χ4n) is 4.22. The van der Waals surface area contributed by atoms with Crippen molar-refractivity contribution in [3.63, 3.8) is 0 Å². The lowest BCUT2D eigenvalue weighted by Crippen LogP contribution is -2.41. The lowest BCUT2D eigenvalue weighted by atomic mass is 10.1. The van der Waals surface area contributed by atoms with Gasteiger partial charge in [-0.2, -0.15) is 0 Å². The number of hydrogen-bond acceptors (Lipinski definition) is 10. The Bertz CT molecular complexity index is 1420. The summed E-state index contributed by atoms with van der Waals surface area (Å²) in [7, 11) is -3.38. The zero-order chi connectivity index (χ0) is 32.8. The number of phosphoric ester groups is 1. The van der Waals surface area contributed by atoms with Crippen molar-refractivity contribution in [3.8, 4) is 17.2 Å². The molecule has 0 aliphatic heterocycles. The Labute approximate surface area is 262 Å². The molecule has 12 nitrogen and oxygen atoms in total. The van der Waals surface area contributed by atoms with Gasteiger partial charge in [0.25, 0.3) is 0 Å². The number of hydrogen-bond donors (Lipinski definition) is 3. The van der Waals surface area contributed by atoms with E-state index in [4.69, 9.17) is 38.8 Å². The van der Waals surface area contributed by atoms with Crippen LogP contribution in [0, 0.1) is 0 Å². The summed E-state index contributed by atoms with van der Waals surface area (Å²) in [6.45, 7) is 2.96. The van der Waals surface area contributed by atoms with E-state index in [-0.39, 0.29) is 19.4 Å². The highest BCUT2D eigenvalue weighted by Crippen LogP contribution is 2.47. The first-order valence-electron chi connectivity index (χ1n) is 14.4. The molecule has 0 heterocycles. The van der Waals surface area contributed by atoms with Crippen molar-refractivity contribution in [2.45, 2.75) is 64.1 Å². The Morgan fingerprint density at radius 3 is 2.31 bits per heavy atom. The normalized spacial score (nSPS) is 15.2. The number of nitrogens with two attached hydrogens (primary N) is 1. The quantitative estimate of drug-likeness (QED) is 0.114. The van der Waals surface area contributed by atoms with Crippen molar-refractivity contribution in [3.05, 3.63) is 90.0 Å². The third-order valence-corrected chi connectivity index (χ3v) is 7.87. The van der Waals surface area contributed by atoms with Crippen LogP contribution < -0.4 is 15.2 Å². The molecular weight excluding hydrogens is 605 g/mol. The Balaban J connectivity index is 1.51. The lowest BCUT2D eigenvalue weighted by molar-refractivity contribution is -0.150. The van der Waals surface area contributed by atoms with Gasteiger partial charge in [0, 0.05) is 13.5 Å². The minimum atomic E-state index is -4.72. The number of aryl methyl sites for hydroxylation is 1. The van der Waals surface area contributed by atoms with E-state index in [2.05, 4.69) is 0 Å². The Hall–Kier alpha value is -3.77. The molecule has 0 aliphatic rings. The summed E-state index contributed by atoms with van der Waals surface area (Å²) in [5.74, 6) is 0.137. The van der Waals surface area contributed by atoms with Gasteiger partial charge in [-0.05, 0) is 61.2 Å². The lowest BCUT2D eigenvalue weighted by Gasteiger charge is -2.28. The molecule has 3 aromatic rings. The second kappa shape index (κ2) is 17.6. The SMILES string of the molecule is CC[C@H](OP(=O)(O)O[C@@H](C)[C@H](N)C(=O)O)C(COC(=O)CCc1ccccc1OCc1cccc(Oc2ccccc2)c1)OC. The van der Waals surface area contributed by atoms with E-state index in [9.17, 15) is 19.0 Å². The number of methoxy groups -OCH3 is 1. The minimum Gasteiger partial charge on any atom is -0.489 e. The zero-order valence-corrected chi connectivity index (χ0v) is 26.3. The van der Waals surface area contributed by atoms with E-state index >= 15 is 0 Å². The molecular formula is C32H40NO11P. The van der Waals surface area contributed by atoms with Crippen molar-refractivity contribution >= 4 is 19.8 Å². The van der Waals surface area contributed by atoms with E-state index in [1.54, 1.807) is 6.92 Å². The van der Waals surface area contributed by atoms with Gasteiger partial charge in [0.15, 0.2) is 0 Å². The summed E-state index contributed by atoms with van der Waals surface area (Å²) < 4.78 is 45.3. The van der Waals surface area contributed by atoms with E-state index in [1.165, 1.54) is 14.0 Å².